The molecule has 0 aliphatic carbocycles. The third kappa shape index (κ3) is 2.63. The number of benzene rings is 1. The van der Waals surface area contributed by atoms with Gasteiger partial charge in [0.25, 0.3) is 0 Å². The lowest BCUT2D eigenvalue weighted by molar-refractivity contribution is -0.390. The maximum atomic E-state index is 12.2. The summed E-state index contributed by atoms with van der Waals surface area (Å²) < 4.78 is 25.7. The number of hydrogen-bond acceptors (Lipinski definition) is 5. The van der Waals surface area contributed by atoms with E-state index in [0.29, 0.717) is 0 Å². The van der Waals surface area contributed by atoms with E-state index in [1.807, 2.05) is 0 Å². The van der Waals surface area contributed by atoms with Crippen LogP contribution < -0.4 is 0 Å². The normalized spacial score (nSPS) is 11.4. The zero-order valence-electron chi connectivity index (χ0n) is 10.1. The van der Waals surface area contributed by atoms with E-state index >= 15 is 0 Å². The van der Waals surface area contributed by atoms with Crippen LogP contribution in [0, 0.1) is 10.1 Å². The van der Waals surface area contributed by atoms with Gasteiger partial charge in [-0.25, -0.2) is 8.42 Å². The van der Waals surface area contributed by atoms with Crippen molar-refractivity contribution in [1.82, 2.24) is 9.55 Å². The second-order valence-corrected chi connectivity index (χ2v) is 5.94. The predicted octanol–water partition coefficient (Wildman–Crippen LogP) is 1.30. The average Bonchev–Trinajstić information content (AvgIpc) is 2.72. The van der Waals surface area contributed by atoms with Gasteiger partial charge in [-0.15, -0.1) is 0 Å². The van der Waals surface area contributed by atoms with Crippen molar-refractivity contribution in [2.24, 2.45) is 7.05 Å². The molecular weight excluding hydrogens is 270 g/mol. The van der Waals surface area contributed by atoms with Gasteiger partial charge in [-0.2, -0.15) is 0 Å². The Bertz CT molecular complexity index is 707. The van der Waals surface area contributed by atoms with E-state index in [2.05, 4.69) is 4.98 Å². The molecule has 0 aliphatic heterocycles. The van der Waals surface area contributed by atoms with Crippen LogP contribution in [0.5, 0.6) is 0 Å². The van der Waals surface area contributed by atoms with Gasteiger partial charge in [0.15, 0.2) is 9.84 Å². The zero-order valence-corrected chi connectivity index (χ0v) is 10.9. The number of aryl methyl sites for hydroxylation is 1. The fraction of sp³-hybridized carbons (Fsp3) is 0.182. The Labute approximate surface area is 109 Å². The number of nitrogens with zero attached hydrogens (tertiary/aromatic N) is 3. The SMILES string of the molecule is Cn1cnc([N+](=O)[O-])c1CS(=O)(=O)c1ccccc1. The van der Waals surface area contributed by atoms with Crippen LogP contribution in [-0.4, -0.2) is 22.9 Å². The number of rotatable bonds is 4. The summed E-state index contributed by atoms with van der Waals surface area (Å²) >= 11 is 0. The third-order valence-electron chi connectivity index (χ3n) is 2.64. The summed E-state index contributed by atoms with van der Waals surface area (Å²) in [4.78, 5) is 13.8. The first-order valence-corrected chi connectivity index (χ1v) is 6.99. The van der Waals surface area contributed by atoms with Crippen LogP contribution in [0.4, 0.5) is 5.82 Å². The standard InChI is InChI=1S/C11H11N3O4S/c1-13-8-12-11(14(15)16)10(13)7-19(17,18)9-5-3-2-4-6-9/h2-6,8H,7H2,1H3. The minimum absolute atomic E-state index is 0.0638. The van der Waals surface area contributed by atoms with E-state index in [1.165, 1.54) is 30.1 Å². The average molecular weight is 281 g/mol. The fourth-order valence-electron chi connectivity index (χ4n) is 1.65. The number of nitro groups is 1. The Balaban J connectivity index is 2.42. The Morgan fingerprint density at radius 2 is 1.95 bits per heavy atom. The predicted molar refractivity (Wildman–Crippen MR) is 67.2 cm³/mol. The molecule has 0 radical (unpaired) electrons. The van der Waals surface area contributed by atoms with Crippen LogP contribution in [0.1, 0.15) is 5.69 Å². The molecule has 0 amide bonds. The first kappa shape index (κ1) is 13.2. The fourth-order valence-corrected chi connectivity index (χ4v) is 3.08. The summed E-state index contributed by atoms with van der Waals surface area (Å²) in [5.74, 6) is -0.883. The Morgan fingerprint density at radius 3 is 2.53 bits per heavy atom. The van der Waals surface area contributed by atoms with Crippen molar-refractivity contribution in [3.63, 3.8) is 0 Å². The molecule has 0 bridgehead atoms. The summed E-state index contributed by atoms with van der Waals surface area (Å²) in [5, 5.41) is 10.8. The summed E-state index contributed by atoms with van der Waals surface area (Å²) in [7, 11) is -2.10. The first-order chi connectivity index (χ1) is 8.92. The lowest BCUT2D eigenvalue weighted by Gasteiger charge is -2.04. The quantitative estimate of drug-likeness (QED) is 0.621. The largest absolute Gasteiger partial charge is 0.385 e. The molecule has 0 spiro atoms. The highest BCUT2D eigenvalue weighted by Gasteiger charge is 2.26. The van der Waals surface area contributed by atoms with E-state index in [4.69, 9.17) is 0 Å². The van der Waals surface area contributed by atoms with Crippen LogP contribution in [-0.2, 0) is 22.6 Å². The molecule has 0 atom stereocenters. The van der Waals surface area contributed by atoms with Crippen molar-refractivity contribution in [3.05, 3.63) is 52.5 Å². The molecule has 2 rings (SSSR count). The van der Waals surface area contributed by atoms with Gasteiger partial charge in [0.05, 0.1) is 4.90 Å². The number of hydrogen-bond donors (Lipinski definition) is 0. The first-order valence-electron chi connectivity index (χ1n) is 5.34. The molecule has 0 N–H and O–H groups in total. The third-order valence-corrected chi connectivity index (χ3v) is 4.28. The molecule has 0 saturated heterocycles. The molecule has 7 nitrogen and oxygen atoms in total. The molecule has 1 aromatic heterocycles. The maximum Gasteiger partial charge on any atom is 0.385 e. The van der Waals surface area contributed by atoms with Gasteiger partial charge >= 0.3 is 5.82 Å². The van der Waals surface area contributed by atoms with Gasteiger partial charge in [0.1, 0.15) is 11.4 Å². The topological polar surface area (TPSA) is 95.1 Å². The van der Waals surface area contributed by atoms with Crippen LogP contribution in [0.15, 0.2) is 41.6 Å². The van der Waals surface area contributed by atoms with Crippen LogP contribution >= 0.6 is 0 Å². The lowest BCUT2D eigenvalue weighted by atomic mass is 10.4. The van der Waals surface area contributed by atoms with Crippen LogP contribution in [0.3, 0.4) is 0 Å². The van der Waals surface area contributed by atoms with Crippen LogP contribution in [0.25, 0.3) is 0 Å². The van der Waals surface area contributed by atoms with Crippen molar-refractivity contribution in [2.45, 2.75) is 10.6 Å². The summed E-state index contributed by atoms with van der Waals surface area (Å²) in [6.07, 6.45) is 1.23. The highest BCUT2D eigenvalue weighted by Crippen LogP contribution is 2.22. The minimum Gasteiger partial charge on any atom is -0.358 e. The molecule has 1 aromatic carbocycles. The van der Waals surface area contributed by atoms with Gasteiger partial charge < -0.3 is 14.7 Å². The number of imidazole rings is 1. The highest BCUT2D eigenvalue weighted by molar-refractivity contribution is 7.90. The molecule has 8 heteroatoms. The van der Waals surface area contributed by atoms with E-state index in [9.17, 15) is 18.5 Å². The van der Waals surface area contributed by atoms with Gasteiger partial charge in [-0.05, 0) is 22.0 Å². The van der Waals surface area contributed by atoms with Crippen molar-refractivity contribution < 1.29 is 13.3 Å². The highest BCUT2D eigenvalue weighted by atomic mass is 32.2. The van der Waals surface area contributed by atoms with Crippen molar-refractivity contribution in [1.29, 1.82) is 0 Å². The Morgan fingerprint density at radius 1 is 1.32 bits per heavy atom. The summed E-state index contributed by atoms with van der Waals surface area (Å²) in [5.41, 5.74) is 0.0638. The van der Waals surface area contributed by atoms with E-state index in [-0.39, 0.29) is 10.6 Å². The molecule has 19 heavy (non-hydrogen) atoms. The number of aromatic nitrogens is 2. The van der Waals surface area contributed by atoms with E-state index < -0.39 is 26.3 Å². The molecule has 2 aromatic rings. The second kappa shape index (κ2) is 4.81. The molecular formula is C11H11N3O4S. The summed E-state index contributed by atoms with van der Waals surface area (Å²) in [6.45, 7) is 0. The van der Waals surface area contributed by atoms with Crippen molar-refractivity contribution >= 4 is 15.7 Å². The molecule has 0 saturated carbocycles. The molecule has 0 aliphatic rings. The van der Waals surface area contributed by atoms with Gasteiger partial charge in [-0.3, -0.25) is 0 Å². The Kier molecular flexibility index (Phi) is 3.34. The monoisotopic (exact) mass is 281 g/mol. The second-order valence-electron chi connectivity index (χ2n) is 3.96. The molecule has 0 fully saturated rings. The zero-order chi connectivity index (χ0) is 14.0. The molecule has 1 heterocycles. The van der Waals surface area contributed by atoms with Gasteiger partial charge in [0.2, 0.25) is 6.33 Å². The van der Waals surface area contributed by atoms with Crippen LogP contribution in [0.2, 0.25) is 0 Å². The van der Waals surface area contributed by atoms with Crippen molar-refractivity contribution in [3.8, 4) is 0 Å². The lowest BCUT2D eigenvalue weighted by Crippen LogP contribution is -2.09. The smallest absolute Gasteiger partial charge is 0.358 e. The van der Waals surface area contributed by atoms with Gasteiger partial charge in [0, 0.05) is 7.05 Å². The van der Waals surface area contributed by atoms with Crippen molar-refractivity contribution in [2.75, 3.05) is 0 Å². The van der Waals surface area contributed by atoms with E-state index in [1.54, 1.807) is 18.2 Å². The molecule has 0 unspecified atom stereocenters. The Hall–Kier alpha value is -2.22. The minimum atomic E-state index is -3.63. The molecule has 100 valence electrons. The number of sulfone groups is 1. The van der Waals surface area contributed by atoms with Gasteiger partial charge in [-0.1, -0.05) is 18.2 Å². The summed E-state index contributed by atoms with van der Waals surface area (Å²) in [6, 6.07) is 7.82. The van der Waals surface area contributed by atoms with E-state index in [0.717, 1.165) is 0 Å². The maximum absolute atomic E-state index is 12.2.